The highest BCUT2D eigenvalue weighted by Gasteiger charge is 2.15. The third-order valence-corrected chi connectivity index (χ3v) is 1.98. The predicted octanol–water partition coefficient (Wildman–Crippen LogP) is 2.51. The van der Waals surface area contributed by atoms with Gasteiger partial charge in [0.25, 0.3) is 0 Å². The number of rotatable bonds is 1. The Morgan fingerprint density at radius 1 is 1.33 bits per heavy atom. The zero-order valence-electron chi connectivity index (χ0n) is 7.92. The molecule has 2 rings (SSSR count). The van der Waals surface area contributed by atoms with Crippen molar-refractivity contribution in [3.8, 4) is 11.5 Å². The Bertz CT molecular complexity index is 508. The lowest BCUT2D eigenvalue weighted by Crippen LogP contribution is -1.97. The summed E-state index contributed by atoms with van der Waals surface area (Å²) in [6.45, 7) is 1.71. The highest BCUT2D eigenvalue weighted by molar-refractivity contribution is 5.61. The van der Waals surface area contributed by atoms with Crippen molar-refractivity contribution in [3.05, 3.63) is 35.7 Å². The monoisotopic (exact) mass is 210 g/mol. The maximum absolute atomic E-state index is 13.5. The van der Waals surface area contributed by atoms with Gasteiger partial charge in [0.15, 0.2) is 5.82 Å². The number of hydrogen-bond donors (Lipinski definition) is 1. The summed E-state index contributed by atoms with van der Waals surface area (Å²) in [5.41, 5.74) is 5.36. The van der Waals surface area contributed by atoms with Crippen LogP contribution in [0.15, 0.2) is 22.8 Å². The molecule has 15 heavy (non-hydrogen) atoms. The minimum absolute atomic E-state index is 0.0574. The van der Waals surface area contributed by atoms with E-state index in [1.165, 1.54) is 12.3 Å². The Morgan fingerprint density at radius 2 is 2.07 bits per heavy atom. The lowest BCUT2D eigenvalue weighted by atomic mass is 10.2. The Hall–Kier alpha value is -1.91. The molecule has 0 aliphatic heterocycles. The molecule has 0 amide bonds. The first-order chi connectivity index (χ1) is 7.09. The minimum atomic E-state index is -0.850. The lowest BCUT2D eigenvalue weighted by molar-refractivity contribution is 0.556. The Labute approximate surface area is 84.5 Å². The number of halogens is 2. The molecule has 0 spiro atoms. The van der Waals surface area contributed by atoms with Gasteiger partial charge in [-0.05, 0) is 19.1 Å². The van der Waals surface area contributed by atoms with Crippen LogP contribution in [0.2, 0.25) is 0 Å². The molecule has 0 saturated heterocycles. The summed E-state index contributed by atoms with van der Waals surface area (Å²) in [6, 6.07) is 2.32. The maximum atomic E-state index is 13.5. The van der Waals surface area contributed by atoms with Crippen molar-refractivity contribution >= 4 is 5.69 Å². The van der Waals surface area contributed by atoms with Crippen LogP contribution in [0.4, 0.5) is 14.5 Å². The predicted molar refractivity (Wildman–Crippen MR) is 51.0 cm³/mol. The van der Waals surface area contributed by atoms with Crippen LogP contribution >= 0.6 is 0 Å². The SMILES string of the molecule is Cc1coc(-c2ccc(F)c(N)c2F)n1. The molecular weight excluding hydrogens is 202 g/mol. The van der Waals surface area contributed by atoms with Gasteiger partial charge in [0.2, 0.25) is 5.89 Å². The standard InChI is InChI=1S/C10H8F2N2O/c1-5-4-15-10(14-5)6-2-3-7(11)9(13)8(6)12/h2-4H,13H2,1H3. The molecule has 0 aliphatic rings. The third-order valence-electron chi connectivity index (χ3n) is 1.98. The van der Waals surface area contributed by atoms with Crippen LogP contribution in [0.3, 0.4) is 0 Å². The largest absolute Gasteiger partial charge is 0.444 e. The number of hydrogen-bond acceptors (Lipinski definition) is 3. The quantitative estimate of drug-likeness (QED) is 0.736. The molecule has 1 aromatic heterocycles. The summed E-state index contributed by atoms with van der Waals surface area (Å²) in [7, 11) is 0. The number of nitrogen functional groups attached to an aromatic ring is 1. The number of oxazole rings is 1. The van der Waals surface area contributed by atoms with Crippen LogP contribution in [0.1, 0.15) is 5.69 Å². The van der Waals surface area contributed by atoms with Gasteiger partial charge in [-0.3, -0.25) is 0 Å². The molecule has 2 N–H and O–H groups in total. The maximum Gasteiger partial charge on any atom is 0.229 e. The van der Waals surface area contributed by atoms with E-state index in [0.29, 0.717) is 5.69 Å². The first-order valence-electron chi connectivity index (χ1n) is 4.25. The van der Waals surface area contributed by atoms with Crippen molar-refractivity contribution in [1.29, 1.82) is 0 Å². The second-order valence-corrected chi connectivity index (χ2v) is 3.12. The molecule has 78 valence electrons. The molecule has 0 radical (unpaired) electrons. The summed E-state index contributed by atoms with van der Waals surface area (Å²) in [5.74, 6) is -1.55. The Morgan fingerprint density at radius 3 is 2.67 bits per heavy atom. The van der Waals surface area contributed by atoms with Crippen LogP contribution in [-0.2, 0) is 0 Å². The Kier molecular flexibility index (Phi) is 2.15. The number of anilines is 1. The zero-order valence-corrected chi connectivity index (χ0v) is 7.92. The Balaban J connectivity index is 2.59. The van der Waals surface area contributed by atoms with Gasteiger partial charge in [-0.25, -0.2) is 13.8 Å². The first-order valence-corrected chi connectivity index (χ1v) is 4.25. The van der Waals surface area contributed by atoms with Crippen molar-refractivity contribution < 1.29 is 13.2 Å². The fourth-order valence-corrected chi connectivity index (χ4v) is 1.21. The van der Waals surface area contributed by atoms with E-state index in [9.17, 15) is 8.78 Å². The van der Waals surface area contributed by atoms with E-state index in [1.807, 2.05) is 0 Å². The van der Waals surface area contributed by atoms with E-state index in [-0.39, 0.29) is 11.5 Å². The zero-order chi connectivity index (χ0) is 11.0. The van der Waals surface area contributed by atoms with E-state index in [2.05, 4.69) is 4.98 Å². The molecule has 0 aliphatic carbocycles. The highest BCUT2D eigenvalue weighted by Crippen LogP contribution is 2.27. The molecule has 1 aromatic carbocycles. The van der Waals surface area contributed by atoms with Gasteiger partial charge in [-0.2, -0.15) is 0 Å². The fourth-order valence-electron chi connectivity index (χ4n) is 1.21. The summed E-state index contributed by atoms with van der Waals surface area (Å²) in [6.07, 6.45) is 1.38. The van der Waals surface area contributed by atoms with E-state index in [0.717, 1.165) is 6.07 Å². The molecule has 0 atom stereocenters. The van der Waals surface area contributed by atoms with Gasteiger partial charge < -0.3 is 10.2 Å². The normalized spacial score (nSPS) is 10.6. The van der Waals surface area contributed by atoms with Crippen molar-refractivity contribution in [1.82, 2.24) is 4.98 Å². The average molecular weight is 210 g/mol. The van der Waals surface area contributed by atoms with Crippen LogP contribution in [-0.4, -0.2) is 4.98 Å². The molecule has 0 saturated carbocycles. The van der Waals surface area contributed by atoms with Gasteiger partial charge in [-0.15, -0.1) is 0 Å². The van der Waals surface area contributed by atoms with Gasteiger partial charge in [0, 0.05) is 0 Å². The molecule has 0 fully saturated rings. The summed E-state index contributed by atoms with van der Waals surface area (Å²) in [4.78, 5) is 3.93. The van der Waals surface area contributed by atoms with Crippen molar-refractivity contribution in [3.63, 3.8) is 0 Å². The number of nitrogens with zero attached hydrogens (tertiary/aromatic N) is 1. The van der Waals surface area contributed by atoms with Crippen LogP contribution < -0.4 is 5.73 Å². The smallest absolute Gasteiger partial charge is 0.229 e. The van der Waals surface area contributed by atoms with Gasteiger partial charge in [0.1, 0.15) is 17.8 Å². The van der Waals surface area contributed by atoms with Gasteiger partial charge >= 0.3 is 0 Å². The minimum Gasteiger partial charge on any atom is -0.444 e. The number of benzene rings is 1. The average Bonchev–Trinajstić information content (AvgIpc) is 2.61. The van der Waals surface area contributed by atoms with E-state index >= 15 is 0 Å². The fraction of sp³-hybridized carbons (Fsp3) is 0.100. The van der Waals surface area contributed by atoms with Crippen molar-refractivity contribution in [2.24, 2.45) is 0 Å². The van der Waals surface area contributed by atoms with Crippen LogP contribution in [0.25, 0.3) is 11.5 Å². The van der Waals surface area contributed by atoms with Crippen molar-refractivity contribution in [2.45, 2.75) is 6.92 Å². The highest BCUT2D eigenvalue weighted by atomic mass is 19.1. The molecule has 5 heteroatoms. The number of nitrogens with two attached hydrogens (primary N) is 1. The summed E-state index contributed by atoms with van der Waals surface area (Å²) in [5, 5.41) is 0. The number of aryl methyl sites for hydroxylation is 1. The number of aromatic nitrogens is 1. The molecule has 3 nitrogen and oxygen atoms in total. The van der Waals surface area contributed by atoms with Crippen LogP contribution in [0.5, 0.6) is 0 Å². The van der Waals surface area contributed by atoms with E-state index in [4.69, 9.17) is 10.2 Å². The first kappa shape index (κ1) is 9.64. The topological polar surface area (TPSA) is 52.0 Å². The van der Waals surface area contributed by atoms with Gasteiger partial charge in [0.05, 0.1) is 11.3 Å². The molecule has 2 aromatic rings. The lowest BCUT2D eigenvalue weighted by Gasteiger charge is -2.02. The third kappa shape index (κ3) is 1.56. The molecule has 0 unspecified atom stereocenters. The summed E-state index contributed by atoms with van der Waals surface area (Å²) < 4.78 is 31.4. The van der Waals surface area contributed by atoms with E-state index < -0.39 is 17.3 Å². The molecule has 0 bridgehead atoms. The van der Waals surface area contributed by atoms with Crippen molar-refractivity contribution in [2.75, 3.05) is 5.73 Å². The van der Waals surface area contributed by atoms with Crippen LogP contribution in [0, 0.1) is 18.6 Å². The second kappa shape index (κ2) is 3.34. The summed E-state index contributed by atoms with van der Waals surface area (Å²) >= 11 is 0. The van der Waals surface area contributed by atoms with Gasteiger partial charge in [-0.1, -0.05) is 0 Å². The van der Waals surface area contributed by atoms with E-state index in [1.54, 1.807) is 6.92 Å². The molecular formula is C10H8F2N2O. The molecule has 1 heterocycles. The second-order valence-electron chi connectivity index (χ2n) is 3.12.